The summed E-state index contributed by atoms with van der Waals surface area (Å²) in [6.07, 6.45) is 1.07. The van der Waals surface area contributed by atoms with Gasteiger partial charge in [0.05, 0.1) is 11.6 Å². The van der Waals surface area contributed by atoms with E-state index in [1.54, 1.807) is 32.0 Å². The summed E-state index contributed by atoms with van der Waals surface area (Å²) in [5.74, 6) is 0.433. The molecule has 1 aromatic carbocycles. The average molecular weight is 315 g/mol. The molecule has 0 radical (unpaired) electrons. The van der Waals surface area contributed by atoms with Crippen LogP contribution in [0, 0.1) is 11.3 Å². The summed E-state index contributed by atoms with van der Waals surface area (Å²) in [5, 5.41) is 30.8. The number of aliphatic hydroxyl groups is 2. The fourth-order valence-electron chi connectivity index (χ4n) is 2.55. The van der Waals surface area contributed by atoms with Gasteiger partial charge in [0.15, 0.2) is 0 Å². The zero-order valence-corrected chi connectivity index (χ0v) is 12.8. The molecule has 2 unspecified atom stereocenters. The fourth-order valence-corrected chi connectivity index (χ4v) is 2.55. The van der Waals surface area contributed by atoms with E-state index in [0.29, 0.717) is 16.9 Å². The van der Waals surface area contributed by atoms with Crippen LogP contribution in [0.4, 0.5) is 0 Å². The van der Waals surface area contributed by atoms with Crippen LogP contribution < -0.4 is 4.74 Å². The molecule has 7 nitrogen and oxygen atoms in total. The van der Waals surface area contributed by atoms with Gasteiger partial charge in [-0.3, -0.25) is 9.83 Å². The van der Waals surface area contributed by atoms with Gasteiger partial charge in [0.1, 0.15) is 30.2 Å². The Morgan fingerprint density at radius 1 is 1.48 bits per heavy atom. The minimum Gasteiger partial charge on any atom is -0.493 e. The molecule has 2 N–H and O–H groups in total. The molecule has 2 aliphatic heterocycles. The summed E-state index contributed by atoms with van der Waals surface area (Å²) in [5.41, 5.74) is 0.104. The second kappa shape index (κ2) is 5.57. The van der Waals surface area contributed by atoms with E-state index in [9.17, 15) is 10.2 Å². The lowest BCUT2D eigenvalue weighted by molar-refractivity contribution is -0.248. The van der Waals surface area contributed by atoms with Crippen molar-refractivity contribution in [3.05, 3.63) is 41.3 Å². The Balaban J connectivity index is 1.99. The third-order valence-corrected chi connectivity index (χ3v) is 3.85. The first-order valence-electron chi connectivity index (χ1n) is 7.17. The van der Waals surface area contributed by atoms with Gasteiger partial charge in [0.25, 0.3) is 0 Å². The van der Waals surface area contributed by atoms with E-state index >= 15 is 0 Å². The molecule has 0 aromatic heterocycles. The summed E-state index contributed by atoms with van der Waals surface area (Å²) in [6, 6.07) is 7.00. The van der Waals surface area contributed by atoms with Crippen LogP contribution in [-0.2, 0) is 4.84 Å². The summed E-state index contributed by atoms with van der Waals surface area (Å²) >= 11 is 0. The number of ether oxygens (including phenoxy) is 1. The lowest BCUT2D eigenvalue weighted by Gasteiger charge is -2.42. The number of hydrogen-bond acceptors (Lipinski definition) is 7. The minimum absolute atomic E-state index is 0.102. The second-order valence-electron chi connectivity index (χ2n) is 5.92. The molecule has 2 heterocycles. The van der Waals surface area contributed by atoms with Gasteiger partial charge in [-0.15, -0.1) is 0 Å². The van der Waals surface area contributed by atoms with Crippen LogP contribution in [0.1, 0.15) is 31.1 Å². The Bertz CT molecular complexity index is 721. The maximum absolute atomic E-state index is 10.6. The van der Waals surface area contributed by atoms with Gasteiger partial charge in [0.2, 0.25) is 5.88 Å². The number of nitriles is 1. The number of hydroxylamine groups is 2. The predicted molar refractivity (Wildman–Crippen MR) is 81.6 cm³/mol. The van der Waals surface area contributed by atoms with E-state index in [0.717, 1.165) is 0 Å². The molecule has 0 saturated heterocycles. The van der Waals surface area contributed by atoms with E-state index in [-0.39, 0.29) is 12.6 Å². The molecular weight excluding hydrogens is 298 g/mol. The van der Waals surface area contributed by atoms with Crippen molar-refractivity contribution < 1.29 is 19.8 Å². The molecule has 0 fully saturated rings. The van der Waals surface area contributed by atoms with Crippen molar-refractivity contribution in [1.82, 2.24) is 5.06 Å². The largest absolute Gasteiger partial charge is 0.493 e. The lowest BCUT2D eigenvalue weighted by atomic mass is 9.88. The Kier molecular flexibility index (Phi) is 3.72. The van der Waals surface area contributed by atoms with Crippen LogP contribution in [0.2, 0.25) is 0 Å². The van der Waals surface area contributed by atoms with E-state index < -0.39 is 17.8 Å². The maximum atomic E-state index is 10.6. The molecule has 0 saturated carbocycles. The van der Waals surface area contributed by atoms with Gasteiger partial charge >= 0.3 is 0 Å². The molecule has 23 heavy (non-hydrogen) atoms. The summed E-state index contributed by atoms with van der Waals surface area (Å²) < 4.78 is 5.81. The predicted octanol–water partition coefficient (Wildman–Crippen LogP) is 1.81. The van der Waals surface area contributed by atoms with Gasteiger partial charge in [-0.25, -0.2) is 0 Å². The van der Waals surface area contributed by atoms with E-state index in [1.165, 1.54) is 17.4 Å². The number of rotatable bonds is 2. The number of fused-ring (bicyclic) bond motifs is 1. The van der Waals surface area contributed by atoms with Gasteiger partial charge in [-0.1, -0.05) is 0 Å². The Labute approximate surface area is 133 Å². The number of nitrogens with zero attached hydrogens (tertiary/aromatic N) is 3. The van der Waals surface area contributed by atoms with Crippen molar-refractivity contribution >= 4 is 6.21 Å². The number of hydrogen-bond donors (Lipinski definition) is 2. The van der Waals surface area contributed by atoms with Crippen molar-refractivity contribution in [3.8, 4) is 11.8 Å². The van der Waals surface area contributed by atoms with Gasteiger partial charge in [0, 0.05) is 17.9 Å². The van der Waals surface area contributed by atoms with Gasteiger partial charge in [-0.05, 0) is 32.0 Å². The monoisotopic (exact) mass is 315 g/mol. The van der Waals surface area contributed by atoms with Crippen molar-refractivity contribution in [2.24, 2.45) is 4.99 Å². The minimum atomic E-state index is -0.998. The zero-order valence-electron chi connectivity index (χ0n) is 12.8. The summed E-state index contributed by atoms with van der Waals surface area (Å²) in [4.78, 5) is 9.78. The van der Waals surface area contributed by atoms with Crippen LogP contribution in [0.5, 0.6) is 5.75 Å². The SMILES string of the molecule is CC1(C)Oc2ccc(C#N)cc2C(ON2CN=CC=C2O)C1O. The van der Waals surface area contributed by atoms with Crippen LogP contribution in [0.15, 0.2) is 35.2 Å². The average Bonchev–Trinajstić information content (AvgIpc) is 2.53. The van der Waals surface area contributed by atoms with Crippen molar-refractivity contribution in [2.45, 2.75) is 31.7 Å². The summed E-state index contributed by atoms with van der Waals surface area (Å²) in [7, 11) is 0. The highest BCUT2D eigenvalue weighted by Crippen LogP contribution is 2.42. The third-order valence-electron chi connectivity index (χ3n) is 3.85. The first-order valence-corrected chi connectivity index (χ1v) is 7.17. The molecule has 1 aromatic rings. The number of allylic oxidation sites excluding steroid dienone is 1. The standard InChI is InChI=1S/C16H17N3O4/c1-16(2)15(21)14(23-19-9-18-6-5-13(19)20)11-7-10(8-17)3-4-12(11)22-16/h3-7,14-15,20-21H,9H2,1-2H3. The van der Waals surface area contributed by atoms with Crippen molar-refractivity contribution in [1.29, 1.82) is 5.26 Å². The first-order chi connectivity index (χ1) is 10.9. The Hall–Kier alpha value is -2.56. The maximum Gasteiger partial charge on any atom is 0.214 e. The molecule has 0 spiro atoms. The Morgan fingerprint density at radius 3 is 2.96 bits per heavy atom. The topological polar surface area (TPSA) is 98.3 Å². The molecule has 0 bridgehead atoms. The van der Waals surface area contributed by atoms with Crippen molar-refractivity contribution in [2.75, 3.05) is 6.67 Å². The normalized spacial score (nSPS) is 25.1. The van der Waals surface area contributed by atoms with Crippen LogP contribution in [0.3, 0.4) is 0 Å². The molecule has 2 aliphatic rings. The molecule has 0 aliphatic carbocycles. The molecule has 0 amide bonds. The van der Waals surface area contributed by atoms with E-state index in [1.807, 2.05) is 0 Å². The summed E-state index contributed by atoms with van der Waals surface area (Å²) in [6.45, 7) is 3.61. The first kappa shape index (κ1) is 15.3. The molecular formula is C16H17N3O4. The van der Waals surface area contributed by atoms with Gasteiger partial charge in [-0.2, -0.15) is 10.3 Å². The Morgan fingerprint density at radius 2 is 2.26 bits per heavy atom. The third kappa shape index (κ3) is 2.74. The highest BCUT2D eigenvalue weighted by atomic mass is 16.7. The molecule has 2 atom stereocenters. The van der Waals surface area contributed by atoms with Crippen LogP contribution >= 0.6 is 0 Å². The highest BCUT2D eigenvalue weighted by molar-refractivity contribution is 5.72. The molecule has 120 valence electrons. The smallest absolute Gasteiger partial charge is 0.214 e. The molecule has 3 rings (SSSR count). The fraction of sp³-hybridized carbons (Fsp3) is 0.375. The zero-order chi connectivity index (χ0) is 16.6. The lowest BCUT2D eigenvalue weighted by Crippen LogP contribution is -2.50. The quantitative estimate of drug-likeness (QED) is 0.863. The van der Waals surface area contributed by atoms with E-state index in [2.05, 4.69) is 11.1 Å². The highest BCUT2D eigenvalue weighted by Gasteiger charge is 2.45. The van der Waals surface area contributed by atoms with Crippen molar-refractivity contribution in [3.63, 3.8) is 0 Å². The number of aliphatic hydroxyl groups excluding tert-OH is 2. The van der Waals surface area contributed by atoms with Crippen LogP contribution in [-0.4, -0.2) is 39.9 Å². The molecule has 7 heteroatoms. The van der Waals surface area contributed by atoms with E-state index in [4.69, 9.17) is 14.8 Å². The van der Waals surface area contributed by atoms with Gasteiger partial charge < -0.3 is 14.9 Å². The number of aliphatic imine (C=N–C) groups is 1. The number of benzene rings is 1. The second-order valence-corrected chi connectivity index (χ2v) is 5.92. The van der Waals surface area contributed by atoms with Crippen LogP contribution in [0.25, 0.3) is 0 Å².